The van der Waals surface area contributed by atoms with Crippen molar-refractivity contribution in [2.45, 2.75) is 51.1 Å². The minimum Gasteiger partial charge on any atom is -0.474 e. The molecule has 4 aromatic rings. The van der Waals surface area contributed by atoms with Gasteiger partial charge < -0.3 is 34.7 Å². The second-order valence-electron chi connectivity index (χ2n) is 11.2. The number of benzene rings is 1. The molecule has 0 unspecified atom stereocenters. The Morgan fingerprint density at radius 3 is 2.68 bits per heavy atom. The average molecular weight is 611 g/mol. The van der Waals surface area contributed by atoms with E-state index >= 15 is 0 Å². The van der Waals surface area contributed by atoms with Gasteiger partial charge in [-0.1, -0.05) is 6.07 Å². The first-order chi connectivity index (χ1) is 21.1. The van der Waals surface area contributed by atoms with Crippen LogP contribution in [0.3, 0.4) is 0 Å². The standard InChI is InChI=1S/C31H33F3N6O4/c1-18-24-15-23(43-27-5-9-35-28-25(27)13-21(17-41)37-28)4-3-19(24)6-12-40(18)30(42)38-20-14-26(31(32,33)34)29(36-16-20)44-22-7-10-39(2)11-8-22/h3-5,9,13-16,18,22,41H,6-8,10-12,17H2,1-2H3,(H,35,37)(H,38,42)/t18-/m0/s1. The molecule has 1 fully saturated rings. The van der Waals surface area contributed by atoms with Gasteiger partial charge in [0, 0.05) is 31.5 Å². The van der Waals surface area contributed by atoms with Crippen molar-refractivity contribution in [3.8, 4) is 17.4 Å². The molecule has 5 heterocycles. The Hall–Kier alpha value is -4.36. The summed E-state index contributed by atoms with van der Waals surface area (Å²) < 4.78 is 53.8. The molecule has 10 nitrogen and oxygen atoms in total. The van der Waals surface area contributed by atoms with E-state index in [1.54, 1.807) is 23.2 Å². The number of ether oxygens (including phenoxy) is 2. The van der Waals surface area contributed by atoms with Crippen molar-refractivity contribution in [1.82, 2.24) is 24.8 Å². The van der Waals surface area contributed by atoms with Crippen LogP contribution in [0.5, 0.6) is 17.4 Å². The van der Waals surface area contributed by atoms with Gasteiger partial charge in [-0.25, -0.2) is 14.8 Å². The van der Waals surface area contributed by atoms with Crippen LogP contribution in [0.4, 0.5) is 23.7 Å². The highest BCUT2D eigenvalue weighted by atomic mass is 19.4. The van der Waals surface area contributed by atoms with Crippen LogP contribution >= 0.6 is 0 Å². The molecule has 1 aromatic carbocycles. The lowest BCUT2D eigenvalue weighted by atomic mass is 9.93. The molecule has 0 saturated carbocycles. The molecule has 1 saturated heterocycles. The number of carbonyl (C=O) groups excluding carboxylic acids is 1. The maximum atomic E-state index is 14.0. The van der Waals surface area contributed by atoms with Crippen molar-refractivity contribution in [1.29, 1.82) is 0 Å². The zero-order valence-corrected chi connectivity index (χ0v) is 24.3. The van der Waals surface area contributed by atoms with Gasteiger partial charge in [0.25, 0.3) is 0 Å². The summed E-state index contributed by atoms with van der Waals surface area (Å²) >= 11 is 0. The third-order valence-corrected chi connectivity index (χ3v) is 8.22. The number of nitrogens with one attached hydrogen (secondary N) is 2. The van der Waals surface area contributed by atoms with Crippen LogP contribution in [-0.2, 0) is 19.2 Å². The van der Waals surface area contributed by atoms with Crippen LogP contribution in [0.25, 0.3) is 11.0 Å². The van der Waals surface area contributed by atoms with E-state index in [9.17, 15) is 23.1 Å². The molecule has 3 aromatic heterocycles. The van der Waals surface area contributed by atoms with Crippen LogP contribution in [0.2, 0.25) is 0 Å². The highest BCUT2D eigenvalue weighted by Gasteiger charge is 2.37. The van der Waals surface area contributed by atoms with Gasteiger partial charge in [0.15, 0.2) is 0 Å². The van der Waals surface area contributed by atoms with Crippen molar-refractivity contribution in [3.05, 3.63) is 71.2 Å². The third kappa shape index (κ3) is 6.15. The molecule has 3 N–H and O–H groups in total. The SMILES string of the molecule is C[C@H]1c2cc(Oc3ccnc4[nH]c(CO)cc34)ccc2CCN1C(=O)Nc1cnc(OC2CCN(C)CC2)c(C(F)(F)F)c1. The first-order valence-corrected chi connectivity index (χ1v) is 14.5. The fraction of sp³-hybridized carbons (Fsp3) is 0.387. The van der Waals surface area contributed by atoms with Gasteiger partial charge in [-0.2, -0.15) is 13.2 Å². The number of hydrogen-bond acceptors (Lipinski definition) is 7. The first kappa shape index (κ1) is 29.7. The number of anilines is 1. The highest BCUT2D eigenvalue weighted by molar-refractivity contribution is 5.90. The average Bonchev–Trinajstić information content (AvgIpc) is 3.44. The maximum Gasteiger partial charge on any atom is 0.421 e. The van der Waals surface area contributed by atoms with Crippen LogP contribution in [0.15, 0.2) is 48.8 Å². The summed E-state index contributed by atoms with van der Waals surface area (Å²) in [7, 11) is 1.96. The van der Waals surface area contributed by atoms with E-state index in [2.05, 4.69) is 25.2 Å². The number of aliphatic hydroxyl groups is 1. The Kier molecular flexibility index (Phi) is 8.08. The van der Waals surface area contributed by atoms with Crippen LogP contribution < -0.4 is 14.8 Å². The van der Waals surface area contributed by atoms with E-state index in [0.29, 0.717) is 48.6 Å². The number of nitrogens with zero attached hydrogens (tertiary/aromatic N) is 4. The number of alkyl halides is 3. The molecule has 13 heteroatoms. The molecule has 2 aliphatic heterocycles. The Morgan fingerprint density at radius 2 is 1.93 bits per heavy atom. The highest BCUT2D eigenvalue weighted by Crippen LogP contribution is 2.39. The van der Waals surface area contributed by atoms with Gasteiger partial charge in [-0.05, 0) is 74.7 Å². The molecular weight excluding hydrogens is 577 g/mol. The molecule has 232 valence electrons. The van der Waals surface area contributed by atoms with Crippen molar-refractivity contribution < 1.29 is 32.5 Å². The molecule has 44 heavy (non-hydrogen) atoms. The normalized spacial score (nSPS) is 17.9. The van der Waals surface area contributed by atoms with Crippen molar-refractivity contribution >= 4 is 22.8 Å². The quantitative estimate of drug-likeness (QED) is 0.250. The van der Waals surface area contributed by atoms with Gasteiger partial charge >= 0.3 is 12.2 Å². The summed E-state index contributed by atoms with van der Waals surface area (Å²) in [6, 6.07) is 9.14. The number of halogens is 3. The van der Waals surface area contributed by atoms with Gasteiger partial charge in [0.1, 0.15) is 28.8 Å². The number of aromatic nitrogens is 3. The number of likely N-dealkylation sites (tertiary alicyclic amines) is 1. The van der Waals surface area contributed by atoms with E-state index in [4.69, 9.17) is 9.47 Å². The number of aromatic amines is 1. The van der Waals surface area contributed by atoms with Crippen LogP contribution in [0.1, 0.15) is 48.2 Å². The number of carbonyl (C=O) groups is 1. The Labute approximate surface area is 251 Å². The second kappa shape index (κ2) is 12.0. The molecular formula is C31H33F3N6O4. The summed E-state index contributed by atoms with van der Waals surface area (Å²) in [5.41, 5.74) is 2.03. The van der Waals surface area contributed by atoms with Gasteiger partial charge in [0.2, 0.25) is 5.88 Å². The molecule has 0 radical (unpaired) electrons. The largest absolute Gasteiger partial charge is 0.474 e. The molecule has 1 atom stereocenters. The minimum absolute atomic E-state index is 0.0661. The maximum absolute atomic E-state index is 14.0. The molecule has 0 aliphatic carbocycles. The molecule has 0 spiro atoms. The lowest BCUT2D eigenvalue weighted by Crippen LogP contribution is -2.41. The second-order valence-corrected chi connectivity index (χ2v) is 11.2. The number of amides is 2. The monoisotopic (exact) mass is 610 g/mol. The topological polar surface area (TPSA) is 116 Å². The van der Waals surface area contributed by atoms with Crippen molar-refractivity contribution in [3.63, 3.8) is 0 Å². The zero-order valence-electron chi connectivity index (χ0n) is 24.3. The van der Waals surface area contributed by atoms with E-state index in [-0.39, 0.29) is 24.4 Å². The summed E-state index contributed by atoms with van der Waals surface area (Å²) in [5, 5.41) is 12.8. The smallest absolute Gasteiger partial charge is 0.421 e. The number of aliphatic hydroxyl groups excluding tert-OH is 1. The van der Waals surface area contributed by atoms with E-state index in [1.165, 1.54) is 6.20 Å². The Morgan fingerprint density at radius 1 is 1.14 bits per heavy atom. The predicted octanol–water partition coefficient (Wildman–Crippen LogP) is 5.89. The number of H-pyrrole nitrogens is 1. The van der Waals surface area contributed by atoms with Gasteiger partial charge in [-0.15, -0.1) is 0 Å². The summed E-state index contributed by atoms with van der Waals surface area (Å²) in [6.45, 7) is 3.56. The predicted molar refractivity (Wildman–Crippen MR) is 157 cm³/mol. The Bertz CT molecular complexity index is 1670. The first-order valence-electron chi connectivity index (χ1n) is 14.5. The fourth-order valence-electron chi connectivity index (χ4n) is 5.76. The third-order valence-electron chi connectivity index (χ3n) is 8.22. The molecule has 0 bridgehead atoms. The molecule has 2 amide bonds. The lowest BCUT2D eigenvalue weighted by molar-refractivity contribution is -0.139. The number of hydrogen-bond donors (Lipinski definition) is 3. The van der Waals surface area contributed by atoms with Gasteiger partial charge in [-0.3, -0.25) is 0 Å². The molecule has 2 aliphatic rings. The van der Waals surface area contributed by atoms with Crippen molar-refractivity contribution in [2.75, 3.05) is 32.0 Å². The van der Waals surface area contributed by atoms with E-state index < -0.39 is 23.7 Å². The zero-order chi connectivity index (χ0) is 31.0. The van der Waals surface area contributed by atoms with E-state index in [1.807, 2.05) is 32.2 Å². The lowest BCUT2D eigenvalue weighted by Gasteiger charge is -2.35. The van der Waals surface area contributed by atoms with Crippen LogP contribution in [0, 0.1) is 0 Å². The van der Waals surface area contributed by atoms with E-state index in [0.717, 1.165) is 35.7 Å². The Balaban J connectivity index is 1.18. The van der Waals surface area contributed by atoms with Crippen LogP contribution in [-0.4, -0.2) is 68.7 Å². The number of piperidine rings is 1. The van der Waals surface area contributed by atoms with Crippen molar-refractivity contribution in [2.24, 2.45) is 0 Å². The number of urea groups is 1. The fourth-order valence-corrected chi connectivity index (χ4v) is 5.76. The molecule has 6 rings (SSSR count). The minimum atomic E-state index is -4.71. The number of fused-ring (bicyclic) bond motifs is 2. The number of pyridine rings is 2. The number of rotatable bonds is 6. The summed E-state index contributed by atoms with van der Waals surface area (Å²) in [5.74, 6) is 0.632. The van der Waals surface area contributed by atoms with Gasteiger partial charge in [0.05, 0.1) is 29.9 Å². The summed E-state index contributed by atoms with van der Waals surface area (Å²) in [6.07, 6.45) is -0.464. The summed E-state index contributed by atoms with van der Waals surface area (Å²) in [4.78, 5) is 28.3.